The van der Waals surface area contributed by atoms with Crippen LogP contribution in [0.1, 0.15) is 11.4 Å². The van der Waals surface area contributed by atoms with Crippen molar-refractivity contribution in [3.05, 3.63) is 65.3 Å². The van der Waals surface area contributed by atoms with Crippen molar-refractivity contribution >= 4 is 17.1 Å². The van der Waals surface area contributed by atoms with Gasteiger partial charge in [-0.05, 0) is 36.8 Å². The molecule has 0 N–H and O–H groups in total. The van der Waals surface area contributed by atoms with Crippen molar-refractivity contribution in [3.8, 4) is 17.2 Å². The largest absolute Gasteiger partial charge is 0.377 e. The van der Waals surface area contributed by atoms with E-state index in [9.17, 15) is 0 Å². The lowest BCUT2D eigenvalue weighted by Crippen LogP contribution is -2.01. The van der Waals surface area contributed by atoms with Gasteiger partial charge < -0.3 is 9.14 Å². The Hall–Kier alpha value is -2.70. The maximum Gasteiger partial charge on any atom is 0.184 e. The summed E-state index contributed by atoms with van der Waals surface area (Å²) >= 11 is 6.30. The van der Waals surface area contributed by atoms with Crippen molar-refractivity contribution in [3.63, 3.8) is 0 Å². The maximum absolute atomic E-state index is 6.30. The first-order valence-electron chi connectivity index (χ1n) is 7.81. The van der Waals surface area contributed by atoms with Gasteiger partial charge in [0.2, 0.25) is 0 Å². The quantitative estimate of drug-likeness (QED) is 0.561. The first-order valence-corrected chi connectivity index (χ1v) is 8.18. The number of methoxy groups -OCH3 is 1. The van der Waals surface area contributed by atoms with Crippen molar-refractivity contribution in [2.24, 2.45) is 0 Å². The van der Waals surface area contributed by atoms with E-state index in [2.05, 4.69) is 15.1 Å². The average Bonchev–Trinajstić information content (AvgIpc) is 3.21. The number of aryl methyl sites for hydroxylation is 1. The second-order valence-corrected chi connectivity index (χ2v) is 6.12. The monoisotopic (exact) mass is 353 g/mol. The zero-order chi connectivity index (χ0) is 17.4. The number of benzene rings is 1. The van der Waals surface area contributed by atoms with E-state index in [-0.39, 0.29) is 0 Å². The summed E-state index contributed by atoms with van der Waals surface area (Å²) in [4.78, 5) is 9.16. The van der Waals surface area contributed by atoms with Crippen molar-refractivity contribution < 1.29 is 4.74 Å². The standard InChI is InChI=1S/C18H16ClN5O/c1-12-6-7-13(9-14(12)19)24-18(21-16(22-24)10-25-2)17-15-5-3-4-8-23(15)11-20-17/h3-9,11H,10H2,1-2H3. The van der Waals surface area contributed by atoms with Crippen molar-refractivity contribution in [1.29, 1.82) is 0 Å². The average molecular weight is 354 g/mol. The third kappa shape index (κ3) is 2.79. The smallest absolute Gasteiger partial charge is 0.184 e. The van der Waals surface area contributed by atoms with Gasteiger partial charge in [0.05, 0.1) is 11.2 Å². The molecule has 3 heterocycles. The third-order valence-corrected chi connectivity index (χ3v) is 4.39. The van der Waals surface area contributed by atoms with Gasteiger partial charge in [0.15, 0.2) is 11.6 Å². The Morgan fingerprint density at radius 2 is 2.08 bits per heavy atom. The van der Waals surface area contributed by atoms with Crippen LogP contribution in [0.2, 0.25) is 5.02 Å². The van der Waals surface area contributed by atoms with Crippen LogP contribution in [0.15, 0.2) is 48.9 Å². The summed E-state index contributed by atoms with van der Waals surface area (Å²) in [5.74, 6) is 1.24. The predicted molar refractivity (Wildman–Crippen MR) is 96.0 cm³/mol. The maximum atomic E-state index is 6.30. The Balaban J connectivity index is 1.93. The van der Waals surface area contributed by atoms with Crippen LogP contribution in [0.25, 0.3) is 22.7 Å². The molecule has 6 nitrogen and oxygen atoms in total. The molecule has 0 atom stereocenters. The number of aromatic nitrogens is 5. The van der Waals surface area contributed by atoms with Gasteiger partial charge >= 0.3 is 0 Å². The SMILES string of the molecule is COCc1nc(-c2ncn3ccccc23)n(-c2ccc(C)c(Cl)c2)n1. The Kier molecular flexibility index (Phi) is 3.99. The summed E-state index contributed by atoms with van der Waals surface area (Å²) in [6, 6.07) is 11.7. The Morgan fingerprint density at radius 1 is 1.20 bits per heavy atom. The molecule has 0 spiro atoms. The summed E-state index contributed by atoms with van der Waals surface area (Å²) in [5.41, 5.74) is 3.56. The summed E-state index contributed by atoms with van der Waals surface area (Å²) in [5, 5.41) is 5.26. The topological polar surface area (TPSA) is 57.2 Å². The van der Waals surface area contributed by atoms with Crippen LogP contribution >= 0.6 is 11.6 Å². The molecule has 0 aliphatic heterocycles. The molecule has 25 heavy (non-hydrogen) atoms. The highest BCUT2D eigenvalue weighted by Crippen LogP contribution is 2.26. The normalized spacial score (nSPS) is 11.3. The molecule has 4 rings (SSSR count). The fourth-order valence-electron chi connectivity index (χ4n) is 2.71. The number of rotatable bonds is 4. The van der Waals surface area contributed by atoms with Gasteiger partial charge in [-0.2, -0.15) is 0 Å². The fourth-order valence-corrected chi connectivity index (χ4v) is 2.88. The number of ether oxygens (including phenoxy) is 1. The van der Waals surface area contributed by atoms with Gasteiger partial charge in [-0.3, -0.25) is 0 Å². The number of hydrogen-bond acceptors (Lipinski definition) is 4. The van der Waals surface area contributed by atoms with Gasteiger partial charge in [-0.1, -0.05) is 23.7 Å². The minimum Gasteiger partial charge on any atom is -0.377 e. The summed E-state index contributed by atoms with van der Waals surface area (Å²) in [7, 11) is 1.62. The van der Waals surface area contributed by atoms with Crippen LogP contribution in [0.5, 0.6) is 0 Å². The highest BCUT2D eigenvalue weighted by Gasteiger charge is 2.18. The molecule has 0 fully saturated rings. The second kappa shape index (κ2) is 6.31. The zero-order valence-electron chi connectivity index (χ0n) is 13.8. The highest BCUT2D eigenvalue weighted by atomic mass is 35.5. The molecule has 0 aliphatic rings. The van der Waals surface area contributed by atoms with Crippen LogP contribution in [0.4, 0.5) is 0 Å². The van der Waals surface area contributed by atoms with Crippen LogP contribution in [0.3, 0.4) is 0 Å². The van der Waals surface area contributed by atoms with Crippen molar-refractivity contribution in [2.45, 2.75) is 13.5 Å². The van der Waals surface area contributed by atoms with Crippen LogP contribution in [0, 0.1) is 6.92 Å². The molecule has 0 bridgehead atoms. The van der Waals surface area contributed by atoms with Gasteiger partial charge in [-0.15, -0.1) is 5.10 Å². The Labute approximate surface area is 149 Å². The van der Waals surface area contributed by atoms with Crippen LogP contribution < -0.4 is 0 Å². The van der Waals surface area contributed by atoms with Gasteiger partial charge in [-0.25, -0.2) is 14.6 Å². The lowest BCUT2D eigenvalue weighted by Gasteiger charge is -2.06. The Bertz CT molecular complexity index is 1050. The number of fused-ring (bicyclic) bond motifs is 1. The minimum absolute atomic E-state index is 0.325. The molecular formula is C18H16ClN5O. The molecule has 4 aromatic rings. The molecule has 0 saturated heterocycles. The molecule has 0 unspecified atom stereocenters. The lowest BCUT2D eigenvalue weighted by molar-refractivity contribution is 0.178. The van der Waals surface area contributed by atoms with Crippen molar-refractivity contribution in [1.82, 2.24) is 24.1 Å². The fraction of sp³-hybridized carbons (Fsp3) is 0.167. The van der Waals surface area contributed by atoms with Gasteiger partial charge in [0.1, 0.15) is 18.6 Å². The molecule has 0 amide bonds. The van der Waals surface area contributed by atoms with Crippen LogP contribution in [-0.4, -0.2) is 31.3 Å². The van der Waals surface area contributed by atoms with E-state index >= 15 is 0 Å². The highest BCUT2D eigenvalue weighted by molar-refractivity contribution is 6.31. The van der Waals surface area contributed by atoms with Crippen LogP contribution in [-0.2, 0) is 11.3 Å². The first-order chi connectivity index (χ1) is 12.2. The number of imidazole rings is 1. The van der Waals surface area contributed by atoms with E-state index in [0.29, 0.717) is 23.3 Å². The van der Waals surface area contributed by atoms with E-state index in [0.717, 1.165) is 22.5 Å². The van der Waals surface area contributed by atoms with E-state index < -0.39 is 0 Å². The Morgan fingerprint density at radius 3 is 2.88 bits per heavy atom. The molecule has 0 saturated carbocycles. The third-order valence-electron chi connectivity index (χ3n) is 3.98. The first kappa shape index (κ1) is 15.8. The molecular weight excluding hydrogens is 338 g/mol. The summed E-state index contributed by atoms with van der Waals surface area (Å²) < 4.78 is 8.90. The summed E-state index contributed by atoms with van der Waals surface area (Å²) in [6.07, 6.45) is 3.72. The lowest BCUT2D eigenvalue weighted by atomic mass is 10.2. The van der Waals surface area contributed by atoms with E-state index in [1.165, 1.54) is 0 Å². The van der Waals surface area contributed by atoms with E-state index in [1.54, 1.807) is 18.1 Å². The summed E-state index contributed by atoms with van der Waals surface area (Å²) in [6.45, 7) is 2.29. The second-order valence-electron chi connectivity index (χ2n) is 5.72. The molecule has 3 aromatic heterocycles. The molecule has 126 valence electrons. The number of pyridine rings is 1. The molecule has 0 radical (unpaired) electrons. The number of halogens is 1. The van der Waals surface area contributed by atoms with Gasteiger partial charge in [0, 0.05) is 18.3 Å². The van der Waals surface area contributed by atoms with Gasteiger partial charge in [0.25, 0.3) is 0 Å². The molecule has 1 aromatic carbocycles. The molecule has 7 heteroatoms. The number of hydrogen-bond donors (Lipinski definition) is 0. The van der Waals surface area contributed by atoms with Crippen molar-refractivity contribution in [2.75, 3.05) is 7.11 Å². The van der Waals surface area contributed by atoms with E-state index in [1.807, 2.05) is 53.9 Å². The zero-order valence-corrected chi connectivity index (χ0v) is 14.6. The van der Waals surface area contributed by atoms with E-state index in [4.69, 9.17) is 16.3 Å². The predicted octanol–water partition coefficient (Wildman–Crippen LogP) is 3.69. The molecule has 0 aliphatic carbocycles. The number of nitrogens with zero attached hydrogens (tertiary/aromatic N) is 5. The minimum atomic E-state index is 0.325.